The smallest absolute Gasteiger partial charge is 0.261 e. The van der Waals surface area contributed by atoms with Crippen LogP contribution in [0, 0.1) is 0 Å². The zero-order valence-electron chi connectivity index (χ0n) is 21.0. The first kappa shape index (κ1) is 23.7. The summed E-state index contributed by atoms with van der Waals surface area (Å²) in [6.07, 6.45) is 3.80. The average Bonchev–Trinajstić information content (AvgIpc) is 3.15. The van der Waals surface area contributed by atoms with Gasteiger partial charge in [-0.2, -0.15) is 0 Å². The lowest BCUT2D eigenvalue weighted by atomic mass is 9.80. The van der Waals surface area contributed by atoms with Crippen molar-refractivity contribution in [3.63, 3.8) is 0 Å². The van der Waals surface area contributed by atoms with Gasteiger partial charge in [0.1, 0.15) is 11.9 Å². The first-order chi connectivity index (χ1) is 17.9. The molecule has 6 rings (SSSR count). The van der Waals surface area contributed by atoms with Gasteiger partial charge in [0, 0.05) is 32.2 Å². The van der Waals surface area contributed by atoms with Gasteiger partial charge in [-0.05, 0) is 54.7 Å². The number of ether oxygens (including phenoxy) is 4. The molecular formula is C29H29NO7. The lowest BCUT2D eigenvalue weighted by Crippen LogP contribution is -2.48. The average molecular weight is 504 g/mol. The number of methoxy groups -OCH3 is 2. The Bertz CT molecular complexity index is 1310. The van der Waals surface area contributed by atoms with Crippen molar-refractivity contribution in [2.45, 2.75) is 56.8 Å². The number of carbonyl (C=O) groups excluding carboxylic acids is 3. The second-order valence-corrected chi connectivity index (χ2v) is 9.97. The number of carbonyl (C=O) groups is 3. The quantitative estimate of drug-likeness (QED) is 0.405. The monoisotopic (exact) mass is 503 g/mol. The van der Waals surface area contributed by atoms with Crippen LogP contribution in [0.5, 0.6) is 11.5 Å². The van der Waals surface area contributed by atoms with E-state index >= 15 is 0 Å². The molecule has 37 heavy (non-hydrogen) atoms. The van der Waals surface area contributed by atoms with E-state index in [4.69, 9.17) is 18.9 Å². The van der Waals surface area contributed by atoms with E-state index in [0.29, 0.717) is 73.3 Å². The van der Waals surface area contributed by atoms with Gasteiger partial charge in [-0.25, -0.2) is 0 Å². The molecule has 0 spiro atoms. The number of unbranched alkanes of at least 4 members (excludes halogenated alkanes) is 1. The van der Waals surface area contributed by atoms with Crippen LogP contribution in [0.3, 0.4) is 0 Å². The van der Waals surface area contributed by atoms with Crippen molar-refractivity contribution in [3.05, 3.63) is 70.0 Å². The molecule has 0 aromatic heterocycles. The SMILES string of the molecule is COc1cc2c(cc1OC)[C@@H]1O[C@](CCCCN3C(=O)c4ccccc4C3=O)(C2)OC2=C1C(=O)CCC2. The maximum Gasteiger partial charge on any atom is 0.261 e. The minimum atomic E-state index is -0.921. The topological polar surface area (TPSA) is 91.4 Å². The summed E-state index contributed by atoms with van der Waals surface area (Å²) in [7, 11) is 3.19. The third-order valence-electron chi connectivity index (χ3n) is 7.77. The molecule has 3 heterocycles. The van der Waals surface area contributed by atoms with Crippen LogP contribution in [0.15, 0.2) is 47.7 Å². The fourth-order valence-corrected chi connectivity index (χ4v) is 5.98. The molecule has 2 bridgehead atoms. The van der Waals surface area contributed by atoms with Gasteiger partial charge in [-0.3, -0.25) is 19.3 Å². The number of nitrogens with zero attached hydrogens (tertiary/aromatic N) is 1. The van der Waals surface area contributed by atoms with Crippen LogP contribution in [0.25, 0.3) is 0 Å². The molecule has 8 heteroatoms. The minimum absolute atomic E-state index is 0.0631. The highest BCUT2D eigenvalue weighted by molar-refractivity contribution is 6.21. The molecule has 1 aliphatic carbocycles. The largest absolute Gasteiger partial charge is 0.493 e. The molecule has 2 aromatic carbocycles. The molecule has 2 atom stereocenters. The molecule has 0 saturated heterocycles. The molecule has 2 amide bonds. The summed E-state index contributed by atoms with van der Waals surface area (Å²) < 4.78 is 24.1. The number of Topliss-reactive ketones (excluding diaryl/α,β-unsaturated/α-hetero) is 1. The van der Waals surface area contributed by atoms with Crippen LogP contribution >= 0.6 is 0 Å². The Kier molecular flexibility index (Phi) is 5.79. The van der Waals surface area contributed by atoms with E-state index in [-0.39, 0.29) is 17.6 Å². The number of ketones is 1. The van der Waals surface area contributed by atoms with Gasteiger partial charge >= 0.3 is 0 Å². The molecular weight excluding hydrogens is 474 g/mol. The van der Waals surface area contributed by atoms with Gasteiger partial charge in [0.15, 0.2) is 17.3 Å². The Morgan fingerprint density at radius 3 is 2.38 bits per heavy atom. The summed E-state index contributed by atoms with van der Waals surface area (Å²) in [6.45, 7) is 0.333. The van der Waals surface area contributed by atoms with Gasteiger partial charge in [-0.15, -0.1) is 0 Å². The molecule has 0 saturated carbocycles. The molecule has 0 radical (unpaired) electrons. The number of amides is 2. The number of hydrogen-bond acceptors (Lipinski definition) is 7. The van der Waals surface area contributed by atoms with Crippen molar-refractivity contribution in [1.29, 1.82) is 0 Å². The Hall–Kier alpha value is -3.65. The molecule has 8 nitrogen and oxygen atoms in total. The van der Waals surface area contributed by atoms with Crippen LogP contribution in [0.2, 0.25) is 0 Å². The number of rotatable bonds is 7. The van der Waals surface area contributed by atoms with Gasteiger partial charge in [-0.1, -0.05) is 12.1 Å². The van der Waals surface area contributed by atoms with Crippen molar-refractivity contribution in [3.8, 4) is 11.5 Å². The van der Waals surface area contributed by atoms with Crippen LogP contribution in [0.1, 0.15) is 76.5 Å². The molecule has 3 aliphatic heterocycles. The van der Waals surface area contributed by atoms with Crippen molar-refractivity contribution >= 4 is 17.6 Å². The first-order valence-electron chi connectivity index (χ1n) is 12.8. The second-order valence-electron chi connectivity index (χ2n) is 9.97. The van der Waals surface area contributed by atoms with Crippen molar-refractivity contribution in [2.75, 3.05) is 20.8 Å². The predicted octanol–water partition coefficient (Wildman–Crippen LogP) is 4.52. The van der Waals surface area contributed by atoms with Crippen molar-refractivity contribution < 1.29 is 33.3 Å². The predicted molar refractivity (Wildman–Crippen MR) is 132 cm³/mol. The highest BCUT2D eigenvalue weighted by Gasteiger charge is 2.50. The van der Waals surface area contributed by atoms with E-state index in [9.17, 15) is 14.4 Å². The minimum Gasteiger partial charge on any atom is -0.493 e. The normalized spacial score (nSPS) is 23.9. The molecule has 192 valence electrons. The van der Waals surface area contributed by atoms with Gasteiger partial charge in [0.25, 0.3) is 11.8 Å². The van der Waals surface area contributed by atoms with E-state index in [1.165, 1.54) is 4.90 Å². The van der Waals surface area contributed by atoms with E-state index in [1.54, 1.807) is 38.5 Å². The first-order valence-corrected chi connectivity index (χ1v) is 12.8. The van der Waals surface area contributed by atoms with E-state index in [1.807, 2.05) is 12.1 Å². The standard InChI is InChI=1S/C29H29NO7/c1-34-23-14-17-16-29(12-5-6-13-30-27(32)18-8-3-4-9-19(18)28(30)33)36-22-11-7-10-21(31)25(22)26(37-29)20(17)15-24(23)35-2/h3-4,8-9,14-15,26H,5-7,10-13,16H2,1-2H3/t26-,29+/m0/s1. The fourth-order valence-electron chi connectivity index (χ4n) is 5.98. The van der Waals surface area contributed by atoms with Crippen LogP contribution < -0.4 is 9.47 Å². The van der Waals surface area contributed by atoms with E-state index in [2.05, 4.69) is 0 Å². The Balaban J connectivity index is 1.23. The summed E-state index contributed by atoms with van der Waals surface area (Å²) in [5.74, 6) is 0.595. The molecule has 0 N–H and O–H groups in total. The highest BCUT2D eigenvalue weighted by Crippen LogP contribution is 2.52. The molecule has 2 aromatic rings. The number of fused-ring (bicyclic) bond motifs is 6. The molecule has 0 fully saturated rings. The van der Waals surface area contributed by atoms with Crippen LogP contribution in [-0.4, -0.2) is 49.0 Å². The maximum absolute atomic E-state index is 12.9. The Morgan fingerprint density at radius 1 is 0.973 bits per heavy atom. The number of imide groups is 1. The Morgan fingerprint density at radius 2 is 1.68 bits per heavy atom. The fraction of sp³-hybridized carbons (Fsp3) is 0.414. The van der Waals surface area contributed by atoms with Crippen molar-refractivity contribution in [1.82, 2.24) is 4.90 Å². The third-order valence-corrected chi connectivity index (χ3v) is 7.77. The summed E-state index contributed by atoms with van der Waals surface area (Å²) in [4.78, 5) is 39.7. The van der Waals surface area contributed by atoms with E-state index < -0.39 is 11.9 Å². The van der Waals surface area contributed by atoms with Gasteiger partial charge < -0.3 is 18.9 Å². The zero-order chi connectivity index (χ0) is 25.7. The van der Waals surface area contributed by atoms with Gasteiger partial charge in [0.2, 0.25) is 5.79 Å². The molecule has 0 unspecified atom stereocenters. The third kappa shape index (κ3) is 3.82. The Labute approximate surface area is 215 Å². The van der Waals surface area contributed by atoms with Gasteiger partial charge in [0.05, 0.1) is 30.9 Å². The number of benzene rings is 2. The highest BCUT2D eigenvalue weighted by atomic mass is 16.7. The zero-order valence-corrected chi connectivity index (χ0v) is 21.0. The second kappa shape index (κ2) is 9.03. The van der Waals surface area contributed by atoms with Crippen LogP contribution in [0.4, 0.5) is 0 Å². The molecule has 4 aliphatic rings. The maximum atomic E-state index is 12.9. The number of allylic oxidation sites excluding steroid dienone is 1. The van der Waals surface area contributed by atoms with Crippen molar-refractivity contribution in [2.24, 2.45) is 0 Å². The van der Waals surface area contributed by atoms with E-state index in [0.717, 1.165) is 23.3 Å². The lowest BCUT2D eigenvalue weighted by molar-refractivity contribution is -0.264. The summed E-state index contributed by atoms with van der Waals surface area (Å²) in [5.41, 5.74) is 3.44. The summed E-state index contributed by atoms with van der Waals surface area (Å²) in [6, 6.07) is 10.8. The number of hydrogen-bond donors (Lipinski definition) is 0. The lowest BCUT2D eigenvalue weighted by Gasteiger charge is -2.48. The van der Waals surface area contributed by atoms with Crippen LogP contribution in [-0.2, 0) is 20.7 Å². The summed E-state index contributed by atoms with van der Waals surface area (Å²) in [5, 5.41) is 0. The summed E-state index contributed by atoms with van der Waals surface area (Å²) >= 11 is 0.